The molecule has 0 aromatic heterocycles. The molecule has 0 N–H and O–H groups in total. The minimum absolute atomic E-state index is 0.0994. The summed E-state index contributed by atoms with van der Waals surface area (Å²) in [7, 11) is 0.0994. The second-order valence-electron chi connectivity index (χ2n) is 6.05. The van der Waals surface area contributed by atoms with Crippen molar-refractivity contribution < 1.29 is 0 Å². The third-order valence-electron chi connectivity index (χ3n) is 4.10. The summed E-state index contributed by atoms with van der Waals surface area (Å²) in [6, 6.07) is 18.1. The number of rotatable bonds is 3. The monoisotopic (exact) mass is 307 g/mol. The Morgan fingerprint density at radius 2 is 1.27 bits per heavy atom. The number of hydrogen-bond acceptors (Lipinski definition) is 0. The van der Waals surface area contributed by atoms with Gasteiger partial charge < -0.3 is 0 Å². The highest BCUT2D eigenvalue weighted by Gasteiger charge is 2.33. The molecule has 22 heavy (non-hydrogen) atoms. The summed E-state index contributed by atoms with van der Waals surface area (Å²) in [5.74, 6) is 0. The van der Waals surface area contributed by atoms with Crippen molar-refractivity contribution >= 4 is 10.9 Å². The molecule has 0 nitrogen and oxygen atoms in total. The maximum absolute atomic E-state index is 2.40. The lowest BCUT2D eigenvalue weighted by Gasteiger charge is -2.18. The van der Waals surface area contributed by atoms with Crippen LogP contribution in [0.5, 0.6) is 0 Å². The zero-order valence-corrected chi connectivity index (χ0v) is 14.4. The molecule has 1 aliphatic carbocycles. The van der Waals surface area contributed by atoms with Gasteiger partial charge in [-0.1, -0.05) is 53.1 Å². The van der Waals surface area contributed by atoms with E-state index >= 15 is 0 Å². The largest absolute Gasteiger partial charge is 0.161 e. The van der Waals surface area contributed by atoms with Crippen LogP contribution in [0.3, 0.4) is 0 Å². The van der Waals surface area contributed by atoms with Crippen LogP contribution in [-0.2, 0) is 10.9 Å². The van der Waals surface area contributed by atoms with Gasteiger partial charge in [0.25, 0.3) is 0 Å². The van der Waals surface area contributed by atoms with Crippen LogP contribution in [-0.4, -0.2) is 5.25 Å². The lowest BCUT2D eigenvalue weighted by atomic mass is 10.1. The molecule has 0 bridgehead atoms. The Morgan fingerprint density at radius 1 is 0.773 bits per heavy atom. The predicted octanol–water partition coefficient (Wildman–Crippen LogP) is 5.61. The second kappa shape index (κ2) is 6.58. The van der Waals surface area contributed by atoms with E-state index in [4.69, 9.17) is 0 Å². The predicted molar refractivity (Wildman–Crippen MR) is 97.6 cm³/mol. The Morgan fingerprint density at radius 3 is 1.68 bits per heavy atom. The van der Waals surface area contributed by atoms with Crippen molar-refractivity contribution in [3.63, 3.8) is 0 Å². The van der Waals surface area contributed by atoms with E-state index in [2.05, 4.69) is 87.5 Å². The van der Waals surface area contributed by atoms with Crippen molar-refractivity contribution in [2.45, 2.75) is 42.2 Å². The zero-order chi connectivity index (χ0) is 15.5. The molecule has 2 aromatic carbocycles. The summed E-state index contributed by atoms with van der Waals surface area (Å²) in [4.78, 5) is 2.88. The highest BCUT2D eigenvalue weighted by atomic mass is 32.2. The fourth-order valence-corrected chi connectivity index (χ4v) is 5.09. The Balaban J connectivity index is 2.00. The van der Waals surface area contributed by atoms with Gasteiger partial charge in [0.05, 0.1) is 10.9 Å². The molecular formula is C21H23S+. The van der Waals surface area contributed by atoms with Crippen LogP contribution in [0, 0.1) is 13.8 Å². The summed E-state index contributed by atoms with van der Waals surface area (Å²) in [5.41, 5.74) is 4.03. The van der Waals surface area contributed by atoms with Crippen molar-refractivity contribution in [3.05, 3.63) is 83.5 Å². The summed E-state index contributed by atoms with van der Waals surface area (Å²) < 4.78 is 0. The number of aryl methyl sites for hydroxylation is 2. The first-order chi connectivity index (χ1) is 10.6. The van der Waals surface area contributed by atoms with E-state index < -0.39 is 0 Å². The van der Waals surface area contributed by atoms with E-state index in [0.29, 0.717) is 5.25 Å². The second-order valence-corrected chi connectivity index (χ2v) is 8.27. The van der Waals surface area contributed by atoms with Crippen molar-refractivity contribution in [3.8, 4) is 0 Å². The molecule has 112 valence electrons. The van der Waals surface area contributed by atoms with Crippen LogP contribution in [0.15, 0.2) is 82.1 Å². The minimum Gasteiger partial charge on any atom is -0.0763 e. The van der Waals surface area contributed by atoms with Crippen LogP contribution < -0.4 is 0 Å². The van der Waals surface area contributed by atoms with E-state index in [0.717, 1.165) is 6.42 Å². The molecule has 0 heterocycles. The fourth-order valence-electron chi connectivity index (χ4n) is 2.74. The van der Waals surface area contributed by atoms with Crippen LogP contribution in [0.2, 0.25) is 0 Å². The highest BCUT2D eigenvalue weighted by molar-refractivity contribution is 7.97. The third-order valence-corrected chi connectivity index (χ3v) is 6.61. The van der Waals surface area contributed by atoms with Crippen LogP contribution in [0.25, 0.3) is 0 Å². The third kappa shape index (κ3) is 3.36. The lowest BCUT2D eigenvalue weighted by Crippen LogP contribution is -2.21. The molecule has 0 amide bonds. The van der Waals surface area contributed by atoms with Crippen LogP contribution >= 0.6 is 0 Å². The molecule has 0 spiro atoms. The van der Waals surface area contributed by atoms with Gasteiger partial charge in [-0.05, 0) is 51.1 Å². The number of allylic oxidation sites excluding steroid dienone is 3. The Kier molecular flexibility index (Phi) is 4.54. The van der Waals surface area contributed by atoms with E-state index in [9.17, 15) is 0 Å². The van der Waals surface area contributed by atoms with E-state index in [1.807, 2.05) is 0 Å². The maximum atomic E-state index is 2.40. The molecular weight excluding hydrogens is 284 g/mol. The van der Waals surface area contributed by atoms with Crippen molar-refractivity contribution in [2.75, 3.05) is 0 Å². The molecule has 3 rings (SSSR count). The average Bonchev–Trinajstić information content (AvgIpc) is 2.53. The van der Waals surface area contributed by atoms with Gasteiger partial charge in [0, 0.05) is 6.42 Å². The van der Waals surface area contributed by atoms with Crippen molar-refractivity contribution in [1.82, 2.24) is 0 Å². The summed E-state index contributed by atoms with van der Waals surface area (Å²) in [6.07, 6.45) is 8.18. The van der Waals surface area contributed by atoms with Crippen molar-refractivity contribution in [1.29, 1.82) is 0 Å². The summed E-state index contributed by atoms with van der Waals surface area (Å²) in [6.45, 7) is 6.49. The molecule has 1 heteroatoms. The van der Waals surface area contributed by atoms with Gasteiger partial charge in [0.2, 0.25) is 0 Å². The Bertz CT molecular complexity index is 644. The van der Waals surface area contributed by atoms with E-state index in [-0.39, 0.29) is 10.9 Å². The first-order valence-corrected chi connectivity index (χ1v) is 9.14. The lowest BCUT2D eigenvalue weighted by molar-refractivity contribution is 1.01. The quantitative estimate of drug-likeness (QED) is 0.646. The van der Waals surface area contributed by atoms with Gasteiger partial charge in [-0.15, -0.1) is 0 Å². The number of benzene rings is 2. The molecule has 0 fully saturated rings. The minimum atomic E-state index is 0.0994. The SMILES string of the molecule is CC1=CCC([S+](c2ccc(C)cc2)c2ccc(C)cc2)C=C1. The van der Waals surface area contributed by atoms with Crippen molar-refractivity contribution in [2.24, 2.45) is 0 Å². The molecule has 0 radical (unpaired) electrons. The topological polar surface area (TPSA) is 0 Å². The molecule has 0 saturated heterocycles. The van der Waals surface area contributed by atoms with Gasteiger partial charge in [-0.25, -0.2) is 0 Å². The Labute approximate surface area is 136 Å². The van der Waals surface area contributed by atoms with E-state index in [1.165, 1.54) is 26.5 Å². The molecule has 1 aliphatic rings. The van der Waals surface area contributed by atoms with Crippen LogP contribution in [0.1, 0.15) is 24.5 Å². The highest BCUT2D eigenvalue weighted by Crippen LogP contribution is 2.32. The Hall–Kier alpha value is -1.73. The molecule has 1 unspecified atom stereocenters. The maximum Gasteiger partial charge on any atom is 0.161 e. The summed E-state index contributed by atoms with van der Waals surface area (Å²) in [5, 5.41) is 0.564. The van der Waals surface area contributed by atoms with Gasteiger partial charge in [0.1, 0.15) is 0 Å². The standard InChI is InChI=1S/C21H23S/c1-16-4-10-19(11-5-16)22(20-12-6-17(2)7-13-20)21-14-8-18(3)9-15-21/h4-14,21H,15H2,1-3H3/q+1. The first-order valence-electron chi connectivity index (χ1n) is 7.85. The van der Waals surface area contributed by atoms with Gasteiger partial charge in [-0.2, -0.15) is 0 Å². The molecule has 0 saturated carbocycles. The molecule has 0 aliphatic heterocycles. The summed E-state index contributed by atoms with van der Waals surface area (Å²) >= 11 is 0. The number of hydrogen-bond donors (Lipinski definition) is 0. The normalized spacial score (nSPS) is 17.6. The van der Waals surface area contributed by atoms with Gasteiger partial charge in [-0.3, -0.25) is 0 Å². The molecule has 1 atom stereocenters. The van der Waals surface area contributed by atoms with Gasteiger partial charge >= 0.3 is 0 Å². The average molecular weight is 307 g/mol. The van der Waals surface area contributed by atoms with Crippen LogP contribution in [0.4, 0.5) is 0 Å². The van der Waals surface area contributed by atoms with E-state index in [1.54, 1.807) is 0 Å². The zero-order valence-electron chi connectivity index (χ0n) is 13.5. The smallest absolute Gasteiger partial charge is 0.0763 e. The first kappa shape index (κ1) is 15.2. The molecule has 2 aromatic rings. The van der Waals surface area contributed by atoms with Gasteiger partial charge in [0.15, 0.2) is 15.0 Å². The fraction of sp³-hybridized carbons (Fsp3) is 0.238.